The van der Waals surface area contributed by atoms with Crippen LogP contribution < -0.4 is 16.4 Å². The molecule has 0 radical (unpaired) electrons. The van der Waals surface area contributed by atoms with Crippen LogP contribution in [0.2, 0.25) is 0 Å². The van der Waals surface area contributed by atoms with Crippen molar-refractivity contribution in [3.63, 3.8) is 0 Å². The summed E-state index contributed by atoms with van der Waals surface area (Å²) in [5.41, 5.74) is 6.94. The minimum absolute atomic E-state index is 0.0550. The van der Waals surface area contributed by atoms with Crippen molar-refractivity contribution >= 4 is 11.6 Å². The number of nitrogens with one attached hydrogen (secondary N) is 2. The number of carbonyl (C=O) groups is 1. The van der Waals surface area contributed by atoms with Gasteiger partial charge in [-0.3, -0.25) is 4.79 Å². The molecule has 0 heterocycles. The number of hydrogen-bond donors (Lipinski definition) is 3. The highest BCUT2D eigenvalue weighted by Crippen LogP contribution is 2.09. The van der Waals surface area contributed by atoms with Crippen LogP contribution in [0.5, 0.6) is 0 Å². The van der Waals surface area contributed by atoms with Gasteiger partial charge in [0.2, 0.25) is 0 Å². The second-order valence-corrected chi connectivity index (χ2v) is 3.23. The lowest BCUT2D eigenvalue weighted by Crippen LogP contribution is -2.25. The molecule has 1 amide bonds. The zero-order valence-corrected chi connectivity index (χ0v) is 8.92. The van der Waals surface area contributed by atoms with Crippen LogP contribution in [0.1, 0.15) is 16.8 Å². The Morgan fingerprint density at radius 2 is 2.27 bits per heavy atom. The smallest absolute Gasteiger partial charge is 0.251 e. The van der Waals surface area contributed by atoms with Crippen LogP contribution in [-0.2, 0) is 0 Å². The van der Waals surface area contributed by atoms with Gasteiger partial charge in [0.25, 0.3) is 5.91 Å². The number of hydrogen-bond acceptors (Lipinski definition) is 3. The lowest BCUT2D eigenvalue weighted by atomic mass is 10.2. The van der Waals surface area contributed by atoms with E-state index in [2.05, 4.69) is 10.6 Å². The maximum atomic E-state index is 11.6. The van der Waals surface area contributed by atoms with Gasteiger partial charge in [-0.25, -0.2) is 0 Å². The van der Waals surface area contributed by atoms with Gasteiger partial charge in [-0.2, -0.15) is 0 Å². The summed E-state index contributed by atoms with van der Waals surface area (Å²) >= 11 is 0. The highest BCUT2D eigenvalue weighted by atomic mass is 16.1. The summed E-state index contributed by atoms with van der Waals surface area (Å²) in [6, 6.07) is 7.37. The first-order valence-corrected chi connectivity index (χ1v) is 5.04. The number of rotatable bonds is 5. The molecule has 0 aliphatic carbocycles. The first kappa shape index (κ1) is 11.5. The molecule has 4 heteroatoms. The second-order valence-electron chi connectivity index (χ2n) is 3.23. The van der Waals surface area contributed by atoms with Crippen LogP contribution in [0.25, 0.3) is 0 Å². The molecule has 0 atom stereocenters. The van der Waals surface area contributed by atoms with E-state index in [0.717, 1.165) is 12.1 Å². The summed E-state index contributed by atoms with van der Waals surface area (Å²) in [7, 11) is 1.82. The maximum absolute atomic E-state index is 11.6. The van der Waals surface area contributed by atoms with Crippen LogP contribution in [-0.4, -0.2) is 26.0 Å². The Morgan fingerprint density at radius 1 is 1.47 bits per heavy atom. The Balaban J connectivity index is 2.57. The van der Waals surface area contributed by atoms with E-state index in [1.165, 1.54) is 0 Å². The lowest BCUT2D eigenvalue weighted by Gasteiger charge is -2.05. The fourth-order valence-electron chi connectivity index (χ4n) is 1.22. The van der Waals surface area contributed by atoms with E-state index >= 15 is 0 Å². The fraction of sp³-hybridized carbons (Fsp3) is 0.364. The topological polar surface area (TPSA) is 67.2 Å². The number of carbonyl (C=O) groups excluding carboxylic acids is 1. The predicted molar refractivity (Wildman–Crippen MR) is 62.0 cm³/mol. The Morgan fingerprint density at radius 3 is 2.93 bits per heavy atom. The normalized spacial score (nSPS) is 9.73. The first-order valence-electron chi connectivity index (χ1n) is 5.04. The number of anilines is 1. The molecule has 1 aromatic carbocycles. The molecule has 0 aliphatic heterocycles. The summed E-state index contributed by atoms with van der Waals surface area (Å²) < 4.78 is 0. The monoisotopic (exact) mass is 207 g/mol. The molecule has 0 bridgehead atoms. The molecule has 0 aromatic heterocycles. The number of benzene rings is 1. The van der Waals surface area contributed by atoms with Crippen molar-refractivity contribution in [1.29, 1.82) is 0 Å². The average Bonchev–Trinajstić information content (AvgIpc) is 2.29. The average molecular weight is 207 g/mol. The molecule has 1 aromatic rings. The van der Waals surface area contributed by atoms with Crippen molar-refractivity contribution < 1.29 is 4.79 Å². The van der Waals surface area contributed by atoms with Crippen molar-refractivity contribution in [2.75, 3.05) is 25.5 Å². The van der Waals surface area contributed by atoms with Gasteiger partial charge in [0.15, 0.2) is 0 Å². The van der Waals surface area contributed by atoms with E-state index in [0.29, 0.717) is 18.7 Å². The molecule has 0 aliphatic rings. The fourth-order valence-corrected chi connectivity index (χ4v) is 1.22. The largest absolute Gasteiger partial charge is 0.388 e. The van der Waals surface area contributed by atoms with E-state index in [4.69, 9.17) is 5.73 Å². The van der Waals surface area contributed by atoms with Gasteiger partial charge in [0, 0.05) is 24.8 Å². The minimum atomic E-state index is -0.0550. The molecular weight excluding hydrogens is 190 g/mol. The van der Waals surface area contributed by atoms with Crippen LogP contribution >= 0.6 is 0 Å². The summed E-state index contributed by atoms with van der Waals surface area (Å²) in [5.74, 6) is -0.0550. The predicted octanol–water partition coefficient (Wildman–Crippen LogP) is 0.807. The van der Waals surface area contributed by atoms with Crippen LogP contribution in [0.3, 0.4) is 0 Å². The highest BCUT2D eigenvalue weighted by Gasteiger charge is 2.04. The van der Waals surface area contributed by atoms with Gasteiger partial charge in [0.1, 0.15) is 0 Å². The van der Waals surface area contributed by atoms with Crippen molar-refractivity contribution in [3.05, 3.63) is 29.8 Å². The Bertz CT molecular complexity index is 325. The van der Waals surface area contributed by atoms with Gasteiger partial charge in [-0.1, -0.05) is 6.07 Å². The van der Waals surface area contributed by atoms with E-state index in [1.54, 1.807) is 6.07 Å². The third-order valence-corrected chi connectivity index (χ3v) is 2.08. The molecule has 0 spiro atoms. The number of amides is 1. The molecule has 0 saturated heterocycles. The van der Waals surface area contributed by atoms with Gasteiger partial charge in [0.05, 0.1) is 0 Å². The Kier molecular flexibility index (Phi) is 4.63. The van der Waals surface area contributed by atoms with Crippen molar-refractivity contribution in [1.82, 2.24) is 5.32 Å². The molecule has 1 rings (SSSR count). The van der Waals surface area contributed by atoms with Crippen LogP contribution in [0.4, 0.5) is 5.69 Å². The molecule has 0 unspecified atom stereocenters. The van der Waals surface area contributed by atoms with Crippen molar-refractivity contribution in [2.45, 2.75) is 6.42 Å². The zero-order valence-electron chi connectivity index (χ0n) is 8.92. The SMILES string of the molecule is CNc1cccc(C(=O)NCCCN)c1. The summed E-state index contributed by atoms with van der Waals surface area (Å²) in [5, 5.41) is 5.79. The minimum Gasteiger partial charge on any atom is -0.388 e. The zero-order chi connectivity index (χ0) is 11.1. The quantitative estimate of drug-likeness (QED) is 0.626. The van der Waals surface area contributed by atoms with Crippen molar-refractivity contribution in [2.24, 2.45) is 5.73 Å². The van der Waals surface area contributed by atoms with E-state index in [-0.39, 0.29) is 5.91 Å². The third-order valence-electron chi connectivity index (χ3n) is 2.08. The van der Waals surface area contributed by atoms with Gasteiger partial charge in [-0.05, 0) is 31.2 Å². The Labute approximate surface area is 89.9 Å². The summed E-state index contributed by atoms with van der Waals surface area (Å²) in [4.78, 5) is 11.6. The maximum Gasteiger partial charge on any atom is 0.251 e. The number of nitrogens with two attached hydrogens (primary N) is 1. The molecular formula is C11H17N3O. The van der Waals surface area contributed by atoms with E-state index < -0.39 is 0 Å². The van der Waals surface area contributed by atoms with Gasteiger partial charge in [-0.15, -0.1) is 0 Å². The van der Waals surface area contributed by atoms with Crippen LogP contribution in [0, 0.1) is 0 Å². The van der Waals surface area contributed by atoms with E-state index in [9.17, 15) is 4.79 Å². The molecule has 4 N–H and O–H groups in total. The summed E-state index contributed by atoms with van der Waals surface area (Å²) in [6.07, 6.45) is 0.803. The summed E-state index contributed by atoms with van der Waals surface area (Å²) in [6.45, 7) is 1.22. The molecule has 0 fully saturated rings. The standard InChI is InChI=1S/C11H17N3O/c1-13-10-5-2-4-9(8-10)11(15)14-7-3-6-12/h2,4-5,8,13H,3,6-7,12H2,1H3,(H,14,15). The molecule has 0 saturated carbocycles. The molecule has 82 valence electrons. The third kappa shape index (κ3) is 3.59. The Hall–Kier alpha value is -1.55. The van der Waals surface area contributed by atoms with Gasteiger partial charge < -0.3 is 16.4 Å². The highest BCUT2D eigenvalue weighted by molar-refractivity contribution is 5.95. The molecule has 4 nitrogen and oxygen atoms in total. The van der Waals surface area contributed by atoms with Gasteiger partial charge >= 0.3 is 0 Å². The lowest BCUT2D eigenvalue weighted by molar-refractivity contribution is 0.0953. The first-order chi connectivity index (χ1) is 7.27. The van der Waals surface area contributed by atoms with E-state index in [1.807, 2.05) is 25.2 Å². The van der Waals surface area contributed by atoms with Crippen molar-refractivity contribution in [3.8, 4) is 0 Å². The molecule has 15 heavy (non-hydrogen) atoms. The second kappa shape index (κ2) is 6.03. The van der Waals surface area contributed by atoms with Crippen LogP contribution in [0.15, 0.2) is 24.3 Å².